The predicted octanol–water partition coefficient (Wildman–Crippen LogP) is 0.990. The van der Waals surface area contributed by atoms with Gasteiger partial charge in [-0.25, -0.2) is 0 Å². The maximum absolute atomic E-state index is 8.91. The van der Waals surface area contributed by atoms with Crippen molar-refractivity contribution < 1.29 is 9.84 Å². The van der Waals surface area contributed by atoms with Crippen molar-refractivity contribution >= 4 is 5.69 Å². The van der Waals surface area contributed by atoms with Gasteiger partial charge >= 0.3 is 0 Å². The summed E-state index contributed by atoms with van der Waals surface area (Å²) < 4.78 is 5.05. The van der Waals surface area contributed by atoms with E-state index in [1.807, 2.05) is 24.3 Å². The van der Waals surface area contributed by atoms with Gasteiger partial charge in [-0.1, -0.05) is 12.1 Å². The molecule has 1 heterocycles. The van der Waals surface area contributed by atoms with E-state index in [0.717, 1.165) is 24.5 Å². The van der Waals surface area contributed by atoms with Crippen molar-refractivity contribution in [2.24, 2.45) is 0 Å². The van der Waals surface area contributed by atoms with Crippen LogP contribution in [0.4, 0.5) is 5.69 Å². The van der Waals surface area contributed by atoms with E-state index in [-0.39, 0.29) is 6.61 Å². The Morgan fingerprint density at radius 1 is 1.46 bits per heavy atom. The lowest BCUT2D eigenvalue weighted by molar-refractivity contribution is 0.0211. The monoisotopic (exact) mass is 179 g/mol. The standard InChI is InChI=1S/C10H13NO2/c12-5-8-2-1-3-9(4-8)11-10-6-13-7-10/h1-4,10-12H,5-7H2. The van der Waals surface area contributed by atoms with Gasteiger partial charge in [-0.15, -0.1) is 0 Å². The summed E-state index contributed by atoms with van der Waals surface area (Å²) in [4.78, 5) is 0. The third kappa shape index (κ3) is 1.99. The molecule has 0 radical (unpaired) electrons. The SMILES string of the molecule is OCc1cccc(NC2COC2)c1. The van der Waals surface area contributed by atoms with E-state index in [4.69, 9.17) is 9.84 Å². The van der Waals surface area contributed by atoms with Gasteiger partial charge in [0.15, 0.2) is 0 Å². The third-order valence-corrected chi connectivity index (χ3v) is 2.12. The van der Waals surface area contributed by atoms with Crippen molar-refractivity contribution in [1.29, 1.82) is 0 Å². The maximum atomic E-state index is 8.91. The fourth-order valence-electron chi connectivity index (χ4n) is 1.31. The van der Waals surface area contributed by atoms with Gasteiger partial charge in [-0.05, 0) is 17.7 Å². The minimum absolute atomic E-state index is 0.0939. The molecule has 0 amide bonds. The van der Waals surface area contributed by atoms with Gasteiger partial charge < -0.3 is 15.2 Å². The maximum Gasteiger partial charge on any atom is 0.0728 e. The Morgan fingerprint density at radius 2 is 2.31 bits per heavy atom. The van der Waals surface area contributed by atoms with Gasteiger partial charge in [-0.3, -0.25) is 0 Å². The van der Waals surface area contributed by atoms with Gasteiger partial charge in [-0.2, -0.15) is 0 Å². The first-order chi connectivity index (χ1) is 6.38. The fourth-order valence-corrected chi connectivity index (χ4v) is 1.31. The van der Waals surface area contributed by atoms with Crippen molar-refractivity contribution in [3.63, 3.8) is 0 Å². The van der Waals surface area contributed by atoms with Crippen LogP contribution in [0, 0.1) is 0 Å². The molecule has 3 heteroatoms. The van der Waals surface area contributed by atoms with Crippen LogP contribution in [0.25, 0.3) is 0 Å². The lowest BCUT2D eigenvalue weighted by Gasteiger charge is -2.27. The molecule has 0 unspecified atom stereocenters. The molecule has 2 rings (SSSR count). The van der Waals surface area contributed by atoms with Crippen LogP contribution in [0.15, 0.2) is 24.3 Å². The summed E-state index contributed by atoms with van der Waals surface area (Å²) in [6.07, 6.45) is 0. The van der Waals surface area contributed by atoms with Gasteiger partial charge in [0.05, 0.1) is 25.9 Å². The van der Waals surface area contributed by atoms with E-state index in [9.17, 15) is 0 Å². The van der Waals surface area contributed by atoms with Crippen LogP contribution in [-0.4, -0.2) is 24.4 Å². The number of benzene rings is 1. The number of rotatable bonds is 3. The second kappa shape index (κ2) is 3.77. The molecule has 1 aliphatic rings. The molecule has 0 aliphatic carbocycles. The molecule has 0 bridgehead atoms. The minimum Gasteiger partial charge on any atom is -0.392 e. The molecule has 0 saturated carbocycles. The first-order valence-electron chi connectivity index (χ1n) is 4.42. The predicted molar refractivity (Wildman–Crippen MR) is 50.6 cm³/mol. The third-order valence-electron chi connectivity index (χ3n) is 2.12. The second-order valence-electron chi connectivity index (χ2n) is 3.24. The quantitative estimate of drug-likeness (QED) is 0.727. The molecule has 1 aromatic rings. The van der Waals surface area contributed by atoms with Gasteiger partial charge in [0.2, 0.25) is 0 Å². The van der Waals surface area contributed by atoms with Crippen molar-refractivity contribution in [2.75, 3.05) is 18.5 Å². The van der Waals surface area contributed by atoms with E-state index >= 15 is 0 Å². The van der Waals surface area contributed by atoms with Gasteiger partial charge in [0.1, 0.15) is 0 Å². The van der Waals surface area contributed by atoms with Crippen molar-refractivity contribution in [2.45, 2.75) is 12.6 Å². The Bertz CT molecular complexity index is 284. The molecule has 13 heavy (non-hydrogen) atoms. The molecule has 3 nitrogen and oxygen atoms in total. The highest BCUT2D eigenvalue weighted by molar-refractivity contribution is 5.46. The Hall–Kier alpha value is -1.06. The zero-order valence-corrected chi connectivity index (χ0v) is 7.36. The largest absolute Gasteiger partial charge is 0.392 e. The van der Waals surface area contributed by atoms with Gasteiger partial charge in [0.25, 0.3) is 0 Å². The lowest BCUT2D eigenvalue weighted by Crippen LogP contribution is -2.40. The lowest BCUT2D eigenvalue weighted by atomic mass is 10.2. The summed E-state index contributed by atoms with van der Waals surface area (Å²) in [5.41, 5.74) is 1.99. The molecular formula is C10H13NO2. The molecular weight excluding hydrogens is 166 g/mol. The van der Waals surface area contributed by atoms with Crippen LogP contribution < -0.4 is 5.32 Å². The Labute approximate surface area is 77.3 Å². The second-order valence-corrected chi connectivity index (χ2v) is 3.24. The zero-order valence-electron chi connectivity index (χ0n) is 7.36. The smallest absolute Gasteiger partial charge is 0.0728 e. The highest BCUT2D eigenvalue weighted by atomic mass is 16.5. The van der Waals surface area contributed by atoms with E-state index in [2.05, 4.69) is 5.32 Å². The van der Waals surface area contributed by atoms with Crippen LogP contribution in [-0.2, 0) is 11.3 Å². The molecule has 2 N–H and O–H groups in total. The molecule has 0 atom stereocenters. The van der Waals surface area contributed by atoms with Crippen molar-refractivity contribution in [1.82, 2.24) is 0 Å². The highest BCUT2D eigenvalue weighted by Crippen LogP contribution is 2.14. The molecule has 0 aromatic heterocycles. The van der Waals surface area contributed by atoms with Crippen molar-refractivity contribution in [3.05, 3.63) is 29.8 Å². The number of ether oxygens (including phenoxy) is 1. The average molecular weight is 179 g/mol. The van der Waals surface area contributed by atoms with E-state index in [1.54, 1.807) is 0 Å². The summed E-state index contributed by atoms with van der Waals surface area (Å²) in [5, 5.41) is 12.2. The van der Waals surface area contributed by atoms with E-state index < -0.39 is 0 Å². The van der Waals surface area contributed by atoms with E-state index in [0.29, 0.717) is 6.04 Å². The molecule has 1 aromatic carbocycles. The average Bonchev–Trinajstić information content (AvgIpc) is 2.12. The summed E-state index contributed by atoms with van der Waals surface area (Å²) in [5.74, 6) is 0. The van der Waals surface area contributed by atoms with E-state index in [1.165, 1.54) is 0 Å². The number of anilines is 1. The molecule has 70 valence electrons. The number of aliphatic hydroxyl groups excluding tert-OH is 1. The van der Waals surface area contributed by atoms with Crippen molar-refractivity contribution in [3.8, 4) is 0 Å². The van der Waals surface area contributed by atoms with Crippen LogP contribution in [0.1, 0.15) is 5.56 Å². The van der Waals surface area contributed by atoms with Crippen LogP contribution in [0.3, 0.4) is 0 Å². The summed E-state index contributed by atoms with van der Waals surface area (Å²) >= 11 is 0. The number of nitrogens with one attached hydrogen (secondary N) is 1. The van der Waals surface area contributed by atoms with Crippen LogP contribution >= 0.6 is 0 Å². The van der Waals surface area contributed by atoms with Crippen LogP contribution in [0.5, 0.6) is 0 Å². The van der Waals surface area contributed by atoms with Gasteiger partial charge in [0, 0.05) is 5.69 Å². The number of hydrogen-bond donors (Lipinski definition) is 2. The number of hydrogen-bond acceptors (Lipinski definition) is 3. The normalized spacial score (nSPS) is 16.7. The summed E-state index contributed by atoms with van der Waals surface area (Å²) in [6.45, 7) is 1.66. The molecule has 1 aliphatic heterocycles. The Kier molecular flexibility index (Phi) is 2.47. The molecule has 1 fully saturated rings. The fraction of sp³-hybridized carbons (Fsp3) is 0.400. The summed E-state index contributed by atoms with van der Waals surface area (Å²) in [6, 6.07) is 8.24. The first-order valence-corrected chi connectivity index (χ1v) is 4.42. The number of aliphatic hydroxyl groups is 1. The minimum atomic E-state index is 0.0939. The Morgan fingerprint density at radius 3 is 2.92 bits per heavy atom. The molecule has 1 saturated heterocycles. The molecule has 0 spiro atoms. The zero-order chi connectivity index (χ0) is 9.10. The Balaban J connectivity index is 2.01. The summed E-state index contributed by atoms with van der Waals surface area (Å²) in [7, 11) is 0. The topological polar surface area (TPSA) is 41.5 Å². The highest BCUT2D eigenvalue weighted by Gasteiger charge is 2.17. The first kappa shape index (κ1) is 8.53. The van der Waals surface area contributed by atoms with Crippen LogP contribution in [0.2, 0.25) is 0 Å².